The molecule has 0 unspecified atom stereocenters. The van der Waals surface area contributed by atoms with Crippen LogP contribution in [-0.4, -0.2) is 22.6 Å². The molecule has 0 aliphatic carbocycles. The molecule has 0 saturated carbocycles. The lowest BCUT2D eigenvalue weighted by molar-refractivity contribution is -0.281. The fraction of sp³-hybridized carbons (Fsp3) is 0. The van der Waals surface area contributed by atoms with Gasteiger partial charge in [-0.25, -0.2) is 0 Å². The Labute approximate surface area is 98.6 Å². The minimum absolute atomic E-state index is 0.432. The molecule has 2 amide bonds. The van der Waals surface area contributed by atoms with Crippen LogP contribution in [0.2, 0.25) is 0 Å². The highest BCUT2D eigenvalue weighted by molar-refractivity contribution is 6.51. The van der Waals surface area contributed by atoms with Crippen LogP contribution in [0.5, 0.6) is 11.6 Å². The summed E-state index contributed by atoms with van der Waals surface area (Å²) in [4.78, 5) is 45.9. The molecule has 92 valence electrons. The van der Waals surface area contributed by atoms with Crippen LogP contribution in [0.15, 0.2) is 16.9 Å². The number of rotatable bonds is 1. The number of nitrogens with one attached hydrogen (secondary N) is 2. The summed E-state index contributed by atoms with van der Waals surface area (Å²) in [6.07, 6.45) is 0.648. The van der Waals surface area contributed by atoms with Crippen molar-refractivity contribution in [2.24, 2.45) is 0 Å². The van der Waals surface area contributed by atoms with Gasteiger partial charge in [0, 0.05) is 6.08 Å². The van der Waals surface area contributed by atoms with Crippen molar-refractivity contribution >= 4 is 23.2 Å². The third-order valence-corrected chi connectivity index (χ3v) is 2.23. The van der Waals surface area contributed by atoms with Gasteiger partial charge in [-0.05, 0) is 17.2 Å². The number of carbonyl (C=O) groups is 3. The molecular formula is C10H4N2O6-2. The molecule has 2 N–H and O–H groups in total. The summed E-state index contributed by atoms with van der Waals surface area (Å²) >= 11 is 0. The van der Waals surface area contributed by atoms with E-state index < -0.39 is 45.9 Å². The molecule has 8 heteroatoms. The molecule has 2 heterocycles. The molecule has 1 aromatic heterocycles. The van der Waals surface area contributed by atoms with E-state index in [1.165, 1.54) is 0 Å². The number of hydrogen-bond donors (Lipinski definition) is 2. The summed E-state index contributed by atoms with van der Waals surface area (Å²) in [5.41, 5.74) is -1.99. The Balaban J connectivity index is 2.62. The Kier molecular flexibility index (Phi) is 2.47. The maximum absolute atomic E-state index is 11.4. The molecule has 0 saturated heterocycles. The molecule has 0 fully saturated rings. The molecule has 0 aromatic carbocycles. The molecule has 1 aliphatic heterocycles. The second-order valence-electron chi connectivity index (χ2n) is 3.41. The third-order valence-electron chi connectivity index (χ3n) is 2.23. The first-order chi connectivity index (χ1) is 8.40. The van der Waals surface area contributed by atoms with Gasteiger partial charge in [-0.1, -0.05) is 6.07 Å². The Morgan fingerprint density at radius 3 is 2.33 bits per heavy atom. The first kappa shape index (κ1) is 11.6. The van der Waals surface area contributed by atoms with Crippen LogP contribution in [0.4, 0.5) is 0 Å². The monoisotopic (exact) mass is 248 g/mol. The van der Waals surface area contributed by atoms with Crippen molar-refractivity contribution in [3.8, 4) is 11.6 Å². The number of ketones is 1. The quantitative estimate of drug-likeness (QED) is 0.404. The van der Waals surface area contributed by atoms with Crippen LogP contribution in [-0.2, 0) is 14.4 Å². The minimum atomic E-state index is -1.12. The number of amides is 2. The summed E-state index contributed by atoms with van der Waals surface area (Å²) in [6.45, 7) is 0. The van der Waals surface area contributed by atoms with Gasteiger partial charge in [-0.15, -0.1) is 0 Å². The summed E-state index contributed by atoms with van der Waals surface area (Å²) in [6, 6.07) is 0.648. The Bertz CT molecular complexity index is 669. The lowest BCUT2D eigenvalue weighted by atomic mass is 10.0. The van der Waals surface area contributed by atoms with E-state index in [4.69, 9.17) is 0 Å². The van der Waals surface area contributed by atoms with Crippen LogP contribution in [0.3, 0.4) is 0 Å². The van der Waals surface area contributed by atoms with E-state index in [0.717, 1.165) is 0 Å². The van der Waals surface area contributed by atoms with Crippen molar-refractivity contribution in [2.45, 2.75) is 0 Å². The van der Waals surface area contributed by atoms with Gasteiger partial charge in [-0.2, -0.15) is 0 Å². The zero-order valence-electron chi connectivity index (χ0n) is 8.60. The Morgan fingerprint density at radius 2 is 1.67 bits per heavy atom. The Morgan fingerprint density at radius 1 is 1.00 bits per heavy atom. The fourth-order valence-electron chi connectivity index (χ4n) is 1.39. The molecule has 1 aliphatic rings. The van der Waals surface area contributed by atoms with Gasteiger partial charge >= 0.3 is 0 Å². The van der Waals surface area contributed by atoms with Crippen molar-refractivity contribution in [2.75, 3.05) is 0 Å². The number of imide groups is 1. The molecule has 0 radical (unpaired) electrons. The summed E-state index contributed by atoms with van der Waals surface area (Å²) in [5, 5.41) is 24.2. The number of H-pyrrole nitrogens is 1. The predicted molar refractivity (Wildman–Crippen MR) is 52.1 cm³/mol. The standard InChI is InChI=1S/C10H6N2O6/c13-5-1-3(7(15)11-9(5)17)4-2-6(14)10(18)12-8(4)16/h1-2,13H,(H2,11,15,17)(H,12,16,18)/p-2. The molecule has 2 rings (SSSR count). The molecule has 8 nitrogen and oxygen atoms in total. The summed E-state index contributed by atoms with van der Waals surface area (Å²) < 4.78 is 0. The maximum Gasteiger partial charge on any atom is 0.298 e. The van der Waals surface area contributed by atoms with E-state index in [0.29, 0.717) is 12.1 Å². The lowest BCUT2D eigenvalue weighted by Crippen LogP contribution is -2.40. The van der Waals surface area contributed by atoms with Crippen LogP contribution in [0.25, 0.3) is 5.57 Å². The highest BCUT2D eigenvalue weighted by Crippen LogP contribution is 2.23. The van der Waals surface area contributed by atoms with Gasteiger partial charge in [-0.3, -0.25) is 24.5 Å². The van der Waals surface area contributed by atoms with Gasteiger partial charge in [0.15, 0.2) is 0 Å². The molecule has 18 heavy (non-hydrogen) atoms. The van der Waals surface area contributed by atoms with Crippen LogP contribution in [0, 0.1) is 0 Å². The molecule has 0 bridgehead atoms. The number of aromatic nitrogens is 1. The van der Waals surface area contributed by atoms with Crippen molar-refractivity contribution in [3.05, 3.63) is 28.1 Å². The maximum atomic E-state index is 11.4. The zero-order valence-corrected chi connectivity index (χ0v) is 8.60. The number of aromatic amines is 1. The molecule has 0 atom stereocenters. The predicted octanol–water partition coefficient (Wildman–Crippen LogP) is -2.87. The lowest BCUT2D eigenvalue weighted by Gasteiger charge is -2.19. The van der Waals surface area contributed by atoms with Gasteiger partial charge in [0.05, 0.1) is 5.57 Å². The summed E-state index contributed by atoms with van der Waals surface area (Å²) in [5.74, 6) is -5.14. The van der Waals surface area contributed by atoms with E-state index in [-0.39, 0.29) is 0 Å². The van der Waals surface area contributed by atoms with Gasteiger partial charge in [0.2, 0.25) is 11.3 Å². The van der Waals surface area contributed by atoms with Crippen molar-refractivity contribution < 1.29 is 24.6 Å². The molecule has 0 spiro atoms. The van der Waals surface area contributed by atoms with E-state index in [1.807, 2.05) is 0 Å². The second-order valence-corrected chi connectivity index (χ2v) is 3.41. The minimum Gasteiger partial charge on any atom is -0.869 e. The van der Waals surface area contributed by atoms with Crippen LogP contribution in [0.1, 0.15) is 5.56 Å². The number of carbonyl (C=O) groups excluding carboxylic acids is 3. The smallest absolute Gasteiger partial charge is 0.298 e. The first-order valence-electron chi connectivity index (χ1n) is 4.63. The van der Waals surface area contributed by atoms with E-state index in [1.54, 1.807) is 10.3 Å². The van der Waals surface area contributed by atoms with Crippen molar-refractivity contribution in [3.63, 3.8) is 0 Å². The van der Waals surface area contributed by atoms with E-state index in [9.17, 15) is 29.4 Å². The highest BCUT2D eigenvalue weighted by atomic mass is 16.3. The largest absolute Gasteiger partial charge is 0.869 e. The van der Waals surface area contributed by atoms with Gasteiger partial charge in [0.25, 0.3) is 11.8 Å². The normalized spacial score (nSPS) is 15.3. The van der Waals surface area contributed by atoms with Crippen molar-refractivity contribution in [1.82, 2.24) is 10.3 Å². The fourth-order valence-corrected chi connectivity index (χ4v) is 1.39. The average molecular weight is 248 g/mol. The topological polar surface area (TPSA) is 142 Å². The van der Waals surface area contributed by atoms with E-state index in [2.05, 4.69) is 0 Å². The number of hydrogen-bond acceptors (Lipinski definition) is 6. The first-order valence-corrected chi connectivity index (χ1v) is 4.63. The van der Waals surface area contributed by atoms with Gasteiger partial charge in [0.1, 0.15) is 0 Å². The van der Waals surface area contributed by atoms with Crippen LogP contribution < -0.4 is 21.1 Å². The third kappa shape index (κ3) is 1.75. The molecular weight excluding hydrogens is 244 g/mol. The highest BCUT2D eigenvalue weighted by Gasteiger charge is 2.26. The number of pyridine rings is 1. The second kappa shape index (κ2) is 3.84. The summed E-state index contributed by atoms with van der Waals surface area (Å²) in [7, 11) is 0. The van der Waals surface area contributed by atoms with Crippen molar-refractivity contribution in [1.29, 1.82) is 0 Å². The van der Waals surface area contributed by atoms with E-state index >= 15 is 0 Å². The SMILES string of the molecule is O=C1C=C(c2cc([O-])c(=O)[nH]c2[O-])C(=O)NC1=O. The Hall–Kier alpha value is -2.90. The van der Waals surface area contributed by atoms with Gasteiger partial charge < -0.3 is 15.2 Å². The zero-order chi connectivity index (χ0) is 13.4. The average Bonchev–Trinajstić information content (AvgIpc) is 2.29. The molecule has 1 aromatic rings. The van der Waals surface area contributed by atoms with Crippen LogP contribution >= 0.6 is 0 Å².